The van der Waals surface area contributed by atoms with Crippen molar-refractivity contribution in [3.63, 3.8) is 0 Å². The SMILES string of the molecule is CCC(N)(CC)CC1CC1. The Kier molecular flexibility index (Phi) is 2.35. The van der Waals surface area contributed by atoms with Crippen molar-refractivity contribution >= 4 is 0 Å². The number of hydrogen-bond acceptors (Lipinski definition) is 1. The molecule has 0 bridgehead atoms. The highest BCUT2D eigenvalue weighted by Crippen LogP contribution is 2.37. The molecule has 0 saturated heterocycles. The van der Waals surface area contributed by atoms with E-state index in [2.05, 4.69) is 13.8 Å². The average molecular weight is 141 g/mol. The second kappa shape index (κ2) is 2.91. The summed E-state index contributed by atoms with van der Waals surface area (Å²) in [6.07, 6.45) is 6.40. The first-order valence-electron chi connectivity index (χ1n) is 4.49. The first kappa shape index (κ1) is 8.06. The standard InChI is InChI=1S/C9H19N/c1-3-9(10,4-2)7-8-5-6-8/h8H,3-7,10H2,1-2H3. The molecule has 0 atom stereocenters. The van der Waals surface area contributed by atoms with Gasteiger partial charge in [-0.05, 0) is 25.2 Å². The van der Waals surface area contributed by atoms with Crippen molar-refractivity contribution < 1.29 is 0 Å². The maximum absolute atomic E-state index is 6.14. The molecule has 1 aliphatic rings. The summed E-state index contributed by atoms with van der Waals surface area (Å²) in [6.45, 7) is 4.40. The molecule has 10 heavy (non-hydrogen) atoms. The van der Waals surface area contributed by atoms with Crippen LogP contribution in [0.3, 0.4) is 0 Å². The van der Waals surface area contributed by atoms with E-state index in [1.807, 2.05) is 0 Å². The molecular formula is C9H19N. The maximum Gasteiger partial charge on any atom is 0.0151 e. The van der Waals surface area contributed by atoms with Gasteiger partial charge in [0.2, 0.25) is 0 Å². The molecule has 1 fully saturated rings. The fourth-order valence-electron chi connectivity index (χ4n) is 1.44. The van der Waals surface area contributed by atoms with Crippen LogP contribution in [0.25, 0.3) is 0 Å². The summed E-state index contributed by atoms with van der Waals surface area (Å²) in [5.74, 6) is 0.977. The van der Waals surface area contributed by atoms with Gasteiger partial charge < -0.3 is 5.73 Å². The molecule has 1 rings (SSSR count). The van der Waals surface area contributed by atoms with Crippen LogP contribution in [-0.4, -0.2) is 5.54 Å². The number of rotatable bonds is 4. The number of nitrogens with two attached hydrogens (primary N) is 1. The highest BCUT2D eigenvalue weighted by molar-refractivity contribution is 4.88. The summed E-state index contributed by atoms with van der Waals surface area (Å²) in [6, 6.07) is 0. The summed E-state index contributed by atoms with van der Waals surface area (Å²) >= 11 is 0. The van der Waals surface area contributed by atoms with E-state index in [-0.39, 0.29) is 5.54 Å². The van der Waals surface area contributed by atoms with Crippen molar-refractivity contribution in [3.8, 4) is 0 Å². The van der Waals surface area contributed by atoms with E-state index >= 15 is 0 Å². The van der Waals surface area contributed by atoms with E-state index in [9.17, 15) is 0 Å². The van der Waals surface area contributed by atoms with Crippen LogP contribution in [0.2, 0.25) is 0 Å². The van der Waals surface area contributed by atoms with Gasteiger partial charge in [0.1, 0.15) is 0 Å². The van der Waals surface area contributed by atoms with E-state index in [0.717, 1.165) is 18.8 Å². The van der Waals surface area contributed by atoms with E-state index in [0.29, 0.717) is 0 Å². The minimum atomic E-state index is 0.168. The van der Waals surface area contributed by atoms with Crippen LogP contribution in [-0.2, 0) is 0 Å². The van der Waals surface area contributed by atoms with Crippen LogP contribution in [0.15, 0.2) is 0 Å². The van der Waals surface area contributed by atoms with Gasteiger partial charge >= 0.3 is 0 Å². The van der Waals surface area contributed by atoms with Crippen molar-refractivity contribution in [2.75, 3.05) is 0 Å². The van der Waals surface area contributed by atoms with Crippen molar-refractivity contribution in [3.05, 3.63) is 0 Å². The molecule has 1 nitrogen and oxygen atoms in total. The lowest BCUT2D eigenvalue weighted by molar-refractivity contribution is 0.348. The summed E-state index contributed by atoms with van der Waals surface area (Å²) in [5, 5.41) is 0. The van der Waals surface area contributed by atoms with Crippen molar-refractivity contribution in [1.82, 2.24) is 0 Å². The Bertz CT molecular complexity index is 101. The highest BCUT2D eigenvalue weighted by Gasteiger charge is 2.30. The van der Waals surface area contributed by atoms with Crippen LogP contribution in [0.1, 0.15) is 46.0 Å². The van der Waals surface area contributed by atoms with Gasteiger partial charge in [-0.2, -0.15) is 0 Å². The van der Waals surface area contributed by atoms with Gasteiger partial charge in [0.15, 0.2) is 0 Å². The summed E-state index contributed by atoms with van der Waals surface area (Å²) in [4.78, 5) is 0. The van der Waals surface area contributed by atoms with Crippen LogP contribution in [0.4, 0.5) is 0 Å². The third kappa shape index (κ3) is 1.98. The largest absolute Gasteiger partial charge is 0.325 e. The minimum Gasteiger partial charge on any atom is -0.325 e. The van der Waals surface area contributed by atoms with Crippen LogP contribution < -0.4 is 5.73 Å². The van der Waals surface area contributed by atoms with Crippen LogP contribution in [0.5, 0.6) is 0 Å². The molecule has 0 aliphatic heterocycles. The Morgan fingerprint density at radius 2 is 1.80 bits per heavy atom. The molecule has 2 N–H and O–H groups in total. The quantitative estimate of drug-likeness (QED) is 0.638. The summed E-state index contributed by atoms with van der Waals surface area (Å²) in [7, 11) is 0. The molecule has 0 aromatic rings. The first-order chi connectivity index (χ1) is 4.70. The molecular weight excluding hydrogens is 122 g/mol. The monoisotopic (exact) mass is 141 g/mol. The Labute approximate surface area is 64.0 Å². The molecule has 0 aromatic heterocycles. The molecule has 60 valence electrons. The topological polar surface area (TPSA) is 26.0 Å². The molecule has 0 spiro atoms. The molecule has 1 saturated carbocycles. The van der Waals surface area contributed by atoms with Gasteiger partial charge in [-0.3, -0.25) is 0 Å². The third-order valence-corrected chi connectivity index (χ3v) is 2.80. The Hall–Kier alpha value is -0.0400. The minimum absolute atomic E-state index is 0.168. The molecule has 0 heterocycles. The van der Waals surface area contributed by atoms with Gasteiger partial charge in [-0.15, -0.1) is 0 Å². The third-order valence-electron chi connectivity index (χ3n) is 2.80. The van der Waals surface area contributed by atoms with Crippen molar-refractivity contribution in [2.45, 2.75) is 51.5 Å². The molecule has 0 amide bonds. The van der Waals surface area contributed by atoms with E-state index in [1.165, 1.54) is 19.3 Å². The highest BCUT2D eigenvalue weighted by atomic mass is 14.7. The fraction of sp³-hybridized carbons (Fsp3) is 1.00. The van der Waals surface area contributed by atoms with E-state index in [1.54, 1.807) is 0 Å². The predicted octanol–water partition coefficient (Wildman–Crippen LogP) is 2.30. The molecule has 1 heteroatoms. The van der Waals surface area contributed by atoms with Gasteiger partial charge in [0, 0.05) is 5.54 Å². The average Bonchev–Trinajstić information content (AvgIpc) is 2.72. The lowest BCUT2D eigenvalue weighted by Crippen LogP contribution is -2.38. The van der Waals surface area contributed by atoms with E-state index in [4.69, 9.17) is 5.73 Å². The Balaban J connectivity index is 2.29. The van der Waals surface area contributed by atoms with Gasteiger partial charge in [0.05, 0.1) is 0 Å². The summed E-state index contributed by atoms with van der Waals surface area (Å²) in [5.41, 5.74) is 6.31. The number of hydrogen-bond donors (Lipinski definition) is 1. The van der Waals surface area contributed by atoms with Crippen LogP contribution >= 0.6 is 0 Å². The second-order valence-corrected chi connectivity index (χ2v) is 3.72. The molecule has 0 unspecified atom stereocenters. The first-order valence-corrected chi connectivity index (χ1v) is 4.49. The molecule has 0 radical (unpaired) electrons. The van der Waals surface area contributed by atoms with Gasteiger partial charge in [-0.1, -0.05) is 26.7 Å². The second-order valence-electron chi connectivity index (χ2n) is 3.72. The Morgan fingerprint density at radius 3 is 2.10 bits per heavy atom. The smallest absolute Gasteiger partial charge is 0.0151 e. The van der Waals surface area contributed by atoms with Gasteiger partial charge in [-0.25, -0.2) is 0 Å². The zero-order valence-electron chi connectivity index (χ0n) is 7.19. The van der Waals surface area contributed by atoms with Gasteiger partial charge in [0.25, 0.3) is 0 Å². The van der Waals surface area contributed by atoms with Crippen molar-refractivity contribution in [1.29, 1.82) is 0 Å². The Morgan fingerprint density at radius 1 is 1.30 bits per heavy atom. The lowest BCUT2D eigenvalue weighted by atomic mass is 9.88. The lowest BCUT2D eigenvalue weighted by Gasteiger charge is -2.26. The maximum atomic E-state index is 6.14. The molecule has 0 aromatic carbocycles. The zero-order chi connectivity index (χ0) is 7.61. The zero-order valence-corrected chi connectivity index (χ0v) is 7.19. The summed E-state index contributed by atoms with van der Waals surface area (Å²) < 4.78 is 0. The van der Waals surface area contributed by atoms with Crippen molar-refractivity contribution in [2.24, 2.45) is 11.7 Å². The van der Waals surface area contributed by atoms with E-state index < -0.39 is 0 Å². The van der Waals surface area contributed by atoms with Crippen LogP contribution in [0, 0.1) is 5.92 Å². The fourth-order valence-corrected chi connectivity index (χ4v) is 1.44. The normalized spacial score (nSPS) is 19.5. The molecule has 1 aliphatic carbocycles. The predicted molar refractivity (Wildman–Crippen MR) is 44.8 cm³/mol.